The number of rotatable bonds is 6. The first kappa shape index (κ1) is 8.47. The molecule has 0 fully saturated rings. The van der Waals surface area contributed by atoms with Crippen LogP contribution in [0.1, 0.15) is 32.6 Å². The minimum Gasteiger partial charge on any atom is -0.530 e. The van der Waals surface area contributed by atoms with Crippen LogP contribution in [0.25, 0.3) is 0 Å². The molecule has 0 saturated carbocycles. The molecule has 54 valence electrons. The summed E-state index contributed by atoms with van der Waals surface area (Å²) in [5, 5.41) is 2.50. The van der Waals surface area contributed by atoms with E-state index in [0.717, 1.165) is 13.0 Å². The zero-order valence-electron chi connectivity index (χ0n) is 5.94. The van der Waals surface area contributed by atoms with Crippen molar-refractivity contribution in [3.05, 3.63) is 0 Å². The Kier molecular flexibility index (Phi) is 7.03. The summed E-state index contributed by atoms with van der Waals surface area (Å²) >= 11 is 0. The second kappa shape index (κ2) is 7.47. The van der Waals surface area contributed by atoms with Crippen molar-refractivity contribution in [1.82, 2.24) is 5.32 Å². The molecular weight excluding hydrogens is 114 g/mol. The minimum absolute atomic E-state index is 0.781. The summed E-state index contributed by atoms with van der Waals surface area (Å²) in [5.41, 5.74) is 0. The Morgan fingerprint density at radius 3 is 2.67 bits per heavy atom. The third-order valence-corrected chi connectivity index (χ3v) is 1.23. The van der Waals surface area contributed by atoms with Crippen LogP contribution in [0.4, 0.5) is 0 Å². The van der Waals surface area contributed by atoms with Crippen molar-refractivity contribution >= 4 is 6.41 Å². The van der Waals surface area contributed by atoms with Crippen LogP contribution in [0.5, 0.6) is 0 Å². The van der Waals surface area contributed by atoms with Gasteiger partial charge in [-0.2, -0.15) is 6.41 Å². The summed E-state index contributed by atoms with van der Waals surface area (Å²) in [7, 11) is 0. The molecule has 0 aromatic heterocycles. The molecule has 1 N–H and O–H groups in total. The van der Waals surface area contributed by atoms with Gasteiger partial charge in [0.2, 0.25) is 0 Å². The van der Waals surface area contributed by atoms with Crippen LogP contribution in [-0.4, -0.2) is 13.0 Å². The molecule has 2 heteroatoms. The van der Waals surface area contributed by atoms with Crippen molar-refractivity contribution in [2.75, 3.05) is 6.54 Å². The number of amides is 1. The lowest BCUT2D eigenvalue weighted by atomic mass is 10.2. The van der Waals surface area contributed by atoms with Gasteiger partial charge in [-0.05, 0) is 13.0 Å². The zero-order chi connectivity index (χ0) is 6.95. The van der Waals surface area contributed by atoms with Crippen molar-refractivity contribution in [2.45, 2.75) is 32.6 Å². The number of nitrogens with one attached hydrogen (secondary N) is 1. The smallest absolute Gasteiger partial charge is 0.0143 e. The van der Waals surface area contributed by atoms with Gasteiger partial charge in [0.15, 0.2) is 0 Å². The van der Waals surface area contributed by atoms with E-state index < -0.39 is 0 Å². The van der Waals surface area contributed by atoms with Crippen molar-refractivity contribution < 1.29 is 4.79 Å². The molecule has 0 aromatic rings. The predicted octanol–water partition coefficient (Wildman–Crippen LogP) is 1.22. The monoisotopic (exact) mass is 128 g/mol. The predicted molar refractivity (Wildman–Crippen MR) is 37.8 cm³/mol. The summed E-state index contributed by atoms with van der Waals surface area (Å²) in [5.74, 6) is 0. The van der Waals surface area contributed by atoms with Crippen molar-refractivity contribution in [3.8, 4) is 0 Å². The number of hydrogen-bond acceptors (Lipinski definition) is 1. The molecule has 2 nitrogen and oxygen atoms in total. The highest BCUT2D eigenvalue weighted by Gasteiger charge is 1.81. The van der Waals surface area contributed by atoms with Gasteiger partial charge in [-0.1, -0.05) is 26.2 Å². The Bertz CT molecular complexity index is 63.9. The molecule has 0 rings (SSSR count). The van der Waals surface area contributed by atoms with Crippen LogP contribution in [0.2, 0.25) is 0 Å². The standard InChI is InChI=1S/C7H14NO/c1-2-3-4-5-6-8-7-9/h2-6H2,1H3,(H,8,9)/q-1. The van der Waals surface area contributed by atoms with E-state index in [0.29, 0.717) is 0 Å². The van der Waals surface area contributed by atoms with Gasteiger partial charge in [-0.25, -0.2) is 0 Å². The third-order valence-electron chi connectivity index (χ3n) is 1.23. The van der Waals surface area contributed by atoms with Crippen LogP contribution in [0.3, 0.4) is 0 Å². The molecule has 0 aliphatic rings. The molecule has 0 aromatic carbocycles. The molecule has 0 aliphatic heterocycles. The van der Waals surface area contributed by atoms with Gasteiger partial charge in [0.1, 0.15) is 0 Å². The highest BCUT2D eigenvalue weighted by molar-refractivity contribution is 5.46. The van der Waals surface area contributed by atoms with E-state index in [-0.39, 0.29) is 0 Å². The second-order valence-corrected chi connectivity index (χ2v) is 2.09. The van der Waals surface area contributed by atoms with E-state index in [1.807, 2.05) is 0 Å². The van der Waals surface area contributed by atoms with Gasteiger partial charge in [0.25, 0.3) is 0 Å². The van der Waals surface area contributed by atoms with Gasteiger partial charge in [-0.15, -0.1) is 0 Å². The molecule has 0 aliphatic carbocycles. The van der Waals surface area contributed by atoms with E-state index >= 15 is 0 Å². The summed E-state index contributed by atoms with van der Waals surface area (Å²) in [6, 6.07) is 0. The number of hydrogen-bond donors (Lipinski definition) is 1. The number of carbonyl (C=O) groups excluding carboxylic acids is 1. The molecule has 0 saturated heterocycles. The Balaban J connectivity index is 2.66. The summed E-state index contributed by atoms with van der Waals surface area (Å²) in [6.07, 6.45) is 6.45. The maximum absolute atomic E-state index is 9.60. The lowest BCUT2D eigenvalue weighted by Crippen LogP contribution is -2.11. The fraction of sp³-hybridized carbons (Fsp3) is 0.857. The van der Waals surface area contributed by atoms with Gasteiger partial charge < -0.3 is 10.1 Å². The quantitative estimate of drug-likeness (QED) is 0.325. The Labute approximate surface area is 56.6 Å². The van der Waals surface area contributed by atoms with Gasteiger partial charge in [0.05, 0.1) is 0 Å². The molecule has 0 radical (unpaired) electrons. The lowest BCUT2D eigenvalue weighted by Gasteiger charge is -2.03. The summed E-state index contributed by atoms with van der Waals surface area (Å²) in [4.78, 5) is 9.60. The van der Waals surface area contributed by atoms with Crippen LogP contribution >= 0.6 is 0 Å². The molecule has 0 atom stereocenters. The molecular formula is C7H14NO-. The molecule has 0 bridgehead atoms. The highest BCUT2D eigenvalue weighted by Crippen LogP contribution is 1.96. The van der Waals surface area contributed by atoms with Crippen LogP contribution < -0.4 is 5.32 Å². The fourth-order valence-electron chi connectivity index (χ4n) is 0.691. The molecule has 1 amide bonds. The van der Waals surface area contributed by atoms with E-state index in [4.69, 9.17) is 0 Å². The average Bonchev–Trinajstić information content (AvgIpc) is 1.89. The van der Waals surface area contributed by atoms with Gasteiger partial charge in [-0.3, -0.25) is 0 Å². The molecule has 0 unspecified atom stereocenters. The maximum Gasteiger partial charge on any atom is -0.0143 e. The average molecular weight is 128 g/mol. The Morgan fingerprint density at radius 2 is 2.11 bits per heavy atom. The largest absolute Gasteiger partial charge is 0.530 e. The van der Waals surface area contributed by atoms with Crippen molar-refractivity contribution in [2.24, 2.45) is 0 Å². The lowest BCUT2D eigenvalue weighted by molar-refractivity contribution is 0.537. The topological polar surface area (TPSA) is 29.1 Å². The van der Waals surface area contributed by atoms with Crippen LogP contribution in [-0.2, 0) is 4.79 Å². The second-order valence-electron chi connectivity index (χ2n) is 2.09. The highest BCUT2D eigenvalue weighted by atomic mass is 16.1. The minimum atomic E-state index is 0.781. The molecule has 9 heavy (non-hydrogen) atoms. The van der Waals surface area contributed by atoms with Crippen molar-refractivity contribution in [1.29, 1.82) is 0 Å². The fourth-order valence-corrected chi connectivity index (χ4v) is 0.691. The first-order valence-electron chi connectivity index (χ1n) is 3.51. The van der Waals surface area contributed by atoms with E-state index in [9.17, 15) is 4.79 Å². The molecule has 0 spiro atoms. The number of unbranched alkanes of at least 4 members (excludes halogenated alkanes) is 3. The van der Waals surface area contributed by atoms with Gasteiger partial charge >= 0.3 is 0 Å². The molecule has 0 heterocycles. The van der Waals surface area contributed by atoms with E-state index in [1.165, 1.54) is 19.3 Å². The van der Waals surface area contributed by atoms with E-state index in [2.05, 4.69) is 12.2 Å². The van der Waals surface area contributed by atoms with Crippen LogP contribution in [0, 0.1) is 0 Å². The van der Waals surface area contributed by atoms with Crippen LogP contribution in [0.15, 0.2) is 0 Å². The Morgan fingerprint density at radius 1 is 1.33 bits per heavy atom. The first-order valence-corrected chi connectivity index (χ1v) is 3.51. The first-order chi connectivity index (χ1) is 4.41. The zero-order valence-corrected chi connectivity index (χ0v) is 5.94. The van der Waals surface area contributed by atoms with Crippen molar-refractivity contribution in [3.63, 3.8) is 0 Å². The summed E-state index contributed by atoms with van der Waals surface area (Å²) in [6.45, 7) is 2.95. The maximum atomic E-state index is 9.60. The van der Waals surface area contributed by atoms with Gasteiger partial charge in [0, 0.05) is 0 Å². The SMILES string of the molecule is CCCCCCN[C-]=O. The summed E-state index contributed by atoms with van der Waals surface area (Å²) < 4.78 is 0. The third kappa shape index (κ3) is 7.47. The Hall–Kier alpha value is -0.530. The normalized spacial score (nSPS) is 9.00. The van der Waals surface area contributed by atoms with E-state index in [1.54, 1.807) is 6.41 Å².